The number of para-hydroxylation sites is 1. The van der Waals surface area contributed by atoms with E-state index in [2.05, 4.69) is 5.32 Å². The van der Waals surface area contributed by atoms with Crippen LogP contribution in [0.25, 0.3) is 0 Å². The second-order valence-corrected chi connectivity index (χ2v) is 3.46. The van der Waals surface area contributed by atoms with Gasteiger partial charge in [0.05, 0.1) is 17.9 Å². The number of nitrogens with one attached hydrogen (secondary N) is 1. The molecule has 0 saturated heterocycles. The molecule has 0 spiro atoms. The molecule has 2 amide bonds. The van der Waals surface area contributed by atoms with Crippen LogP contribution in [0.15, 0.2) is 24.3 Å². The normalized spacial score (nSPS) is 11.2. The maximum Gasteiger partial charge on any atom is 0.250 e. The fraction of sp³-hybridized carbons (Fsp3) is 0.273. The first-order chi connectivity index (χ1) is 8.06. The Morgan fingerprint density at radius 1 is 1.39 bits per heavy atom. The van der Waals surface area contributed by atoms with Gasteiger partial charge in [0.25, 0.3) is 5.91 Å². The van der Waals surface area contributed by atoms with E-state index in [1.165, 1.54) is 13.2 Å². The standard InChI is InChI=1S/C11H15N3O3.ClH/c1-17-6-8(12)11(16)14-9-5-3-2-4-7(9)10(13)15;/h2-5,8H,6,12H2,1H3,(H2,13,15)(H,14,16);1H. The zero-order valence-corrected chi connectivity index (χ0v) is 10.7. The van der Waals surface area contributed by atoms with Crippen LogP contribution in [0, 0.1) is 0 Å². The van der Waals surface area contributed by atoms with Crippen molar-refractivity contribution in [3.8, 4) is 0 Å². The van der Waals surface area contributed by atoms with Gasteiger partial charge in [-0.3, -0.25) is 9.59 Å². The molecule has 0 aliphatic carbocycles. The quantitative estimate of drug-likeness (QED) is 0.708. The summed E-state index contributed by atoms with van der Waals surface area (Å²) in [6, 6.07) is 5.66. The second kappa shape index (κ2) is 7.65. The van der Waals surface area contributed by atoms with Gasteiger partial charge in [-0.15, -0.1) is 12.4 Å². The Morgan fingerprint density at radius 2 is 2.00 bits per heavy atom. The van der Waals surface area contributed by atoms with Gasteiger partial charge in [-0.2, -0.15) is 0 Å². The number of hydrogen-bond acceptors (Lipinski definition) is 4. The predicted octanol–water partition coefficient (Wildman–Crippen LogP) is 0.119. The molecule has 1 aromatic rings. The number of primary amides is 1. The molecule has 0 aliphatic heterocycles. The van der Waals surface area contributed by atoms with Gasteiger partial charge in [0, 0.05) is 7.11 Å². The number of methoxy groups -OCH3 is 1. The molecule has 0 saturated carbocycles. The summed E-state index contributed by atoms with van der Waals surface area (Å²) in [6.07, 6.45) is 0. The molecule has 1 atom stereocenters. The van der Waals surface area contributed by atoms with Crippen LogP contribution in [-0.2, 0) is 9.53 Å². The highest BCUT2D eigenvalue weighted by molar-refractivity contribution is 6.04. The van der Waals surface area contributed by atoms with E-state index < -0.39 is 17.9 Å². The number of ether oxygens (including phenoxy) is 1. The molecular formula is C11H16ClN3O3. The van der Waals surface area contributed by atoms with Crippen LogP contribution in [-0.4, -0.2) is 31.6 Å². The van der Waals surface area contributed by atoms with Crippen LogP contribution in [0.3, 0.4) is 0 Å². The third-order valence-electron chi connectivity index (χ3n) is 2.13. The summed E-state index contributed by atoms with van der Waals surface area (Å²) in [6.45, 7) is 0.102. The second-order valence-electron chi connectivity index (χ2n) is 3.46. The lowest BCUT2D eigenvalue weighted by atomic mass is 10.1. The lowest BCUT2D eigenvalue weighted by Gasteiger charge is -2.12. The number of nitrogens with two attached hydrogens (primary N) is 2. The van der Waals surface area contributed by atoms with E-state index in [9.17, 15) is 9.59 Å². The number of hydrogen-bond donors (Lipinski definition) is 3. The summed E-state index contributed by atoms with van der Waals surface area (Å²) in [5, 5.41) is 2.53. The van der Waals surface area contributed by atoms with Crippen LogP contribution in [0.2, 0.25) is 0 Å². The van der Waals surface area contributed by atoms with Crippen LogP contribution in [0.1, 0.15) is 10.4 Å². The Labute approximate surface area is 111 Å². The highest BCUT2D eigenvalue weighted by Gasteiger charge is 2.15. The zero-order chi connectivity index (χ0) is 12.8. The maximum atomic E-state index is 11.6. The van der Waals surface area contributed by atoms with E-state index in [4.69, 9.17) is 16.2 Å². The van der Waals surface area contributed by atoms with E-state index in [1.54, 1.807) is 18.2 Å². The van der Waals surface area contributed by atoms with Crippen molar-refractivity contribution in [3.63, 3.8) is 0 Å². The SMILES string of the molecule is COCC(N)C(=O)Nc1ccccc1C(N)=O.Cl. The molecule has 18 heavy (non-hydrogen) atoms. The minimum absolute atomic E-state index is 0. The minimum Gasteiger partial charge on any atom is -0.383 e. The van der Waals surface area contributed by atoms with Crippen LogP contribution >= 0.6 is 12.4 Å². The number of carbonyl (C=O) groups is 2. The molecule has 6 nitrogen and oxygen atoms in total. The van der Waals surface area contributed by atoms with E-state index in [-0.39, 0.29) is 24.6 Å². The average molecular weight is 274 g/mol. The van der Waals surface area contributed by atoms with Crippen molar-refractivity contribution in [1.82, 2.24) is 0 Å². The van der Waals surface area contributed by atoms with Crippen molar-refractivity contribution in [2.45, 2.75) is 6.04 Å². The smallest absolute Gasteiger partial charge is 0.250 e. The first-order valence-corrected chi connectivity index (χ1v) is 5.00. The summed E-state index contributed by atoms with van der Waals surface area (Å²) in [7, 11) is 1.45. The van der Waals surface area contributed by atoms with Crippen molar-refractivity contribution < 1.29 is 14.3 Å². The summed E-state index contributed by atoms with van der Waals surface area (Å²) in [4.78, 5) is 22.7. The predicted molar refractivity (Wildman–Crippen MR) is 70.7 cm³/mol. The Bertz CT molecular complexity index is 426. The third kappa shape index (κ3) is 4.33. The topological polar surface area (TPSA) is 107 Å². The van der Waals surface area contributed by atoms with Crippen molar-refractivity contribution >= 4 is 29.9 Å². The van der Waals surface area contributed by atoms with Gasteiger partial charge in [0.15, 0.2) is 0 Å². The molecule has 0 radical (unpaired) electrons. The number of carbonyl (C=O) groups excluding carboxylic acids is 2. The molecule has 5 N–H and O–H groups in total. The van der Waals surface area contributed by atoms with Crippen LogP contribution < -0.4 is 16.8 Å². The number of anilines is 1. The number of amides is 2. The Kier molecular flexibility index (Phi) is 6.96. The van der Waals surface area contributed by atoms with Crippen molar-refractivity contribution in [2.75, 3.05) is 19.0 Å². The van der Waals surface area contributed by atoms with Crippen LogP contribution in [0.4, 0.5) is 5.69 Å². The first kappa shape index (κ1) is 16.4. The molecule has 1 aromatic carbocycles. The largest absolute Gasteiger partial charge is 0.383 e. The van der Waals surface area contributed by atoms with Crippen molar-refractivity contribution in [2.24, 2.45) is 11.5 Å². The zero-order valence-electron chi connectivity index (χ0n) is 9.88. The molecule has 0 aliphatic rings. The first-order valence-electron chi connectivity index (χ1n) is 5.00. The summed E-state index contributed by atoms with van der Waals surface area (Å²) >= 11 is 0. The van der Waals surface area contributed by atoms with Crippen LogP contribution in [0.5, 0.6) is 0 Å². The Hall–Kier alpha value is -1.63. The molecule has 7 heteroatoms. The van der Waals surface area contributed by atoms with Gasteiger partial charge in [-0.05, 0) is 12.1 Å². The summed E-state index contributed by atoms with van der Waals surface area (Å²) in [5.41, 5.74) is 11.3. The molecule has 0 bridgehead atoms. The average Bonchev–Trinajstić information content (AvgIpc) is 2.29. The fourth-order valence-corrected chi connectivity index (χ4v) is 1.29. The highest BCUT2D eigenvalue weighted by atomic mass is 35.5. The number of halogens is 1. The van der Waals surface area contributed by atoms with Crippen molar-refractivity contribution in [1.29, 1.82) is 0 Å². The lowest BCUT2D eigenvalue weighted by Crippen LogP contribution is -2.39. The molecule has 1 unspecified atom stereocenters. The molecule has 0 aromatic heterocycles. The van der Waals surface area contributed by atoms with Gasteiger partial charge in [-0.25, -0.2) is 0 Å². The molecule has 0 fully saturated rings. The maximum absolute atomic E-state index is 11.6. The molecule has 0 heterocycles. The van der Waals surface area contributed by atoms with Gasteiger partial charge in [0.1, 0.15) is 6.04 Å². The monoisotopic (exact) mass is 273 g/mol. The van der Waals surface area contributed by atoms with Gasteiger partial charge >= 0.3 is 0 Å². The van der Waals surface area contributed by atoms with Gasteiger partial charge in [-0.1, -0.05) is 12.1 Å². The molecular weight excluding hydrogens is 258 g/mol. The number of benzene rings is 1. The van der Waals surface area contributed by atoms with E-state index in [0.717, 1.165) is 0 Å². The summed E-state index contributed by atoms with van der Waals surface area (Å²) in [5.74, 6) is -1.04. The fourth-order valence-electron chi connectivity index (χ4n) is 1.29. The lowest BCUT2D eigenvalue weighted by molar-refractivity contribution is -0.118. The van der Waals surface area contributed by atoms with Gasteiger partial charge in [0.2, 0.25) is 5.91 Å². The Morgan fingerprint density at radius 3 is 2.56 bits per heavy atom. The van der Waals surface area contributed by atoms with Crippen molar-refractivity contribution in [3.05, 3.63) is 29.8 Å². The number of rotatable bonds is 5. The third-order valence-corrected chi connectivity index (χ3v) is 2.13. The molecule has 1 rings (SSSR count). The van der Waals surface area contributed by atoms with E-state index >= 15 is 0 Å². The highest BCUT2D eigenvalue weighted by Crippen LogP contribution is 2.14. The minimum atomic E-state index is -0.791. The molecule has 100 valence electrons. The van der Waals surface area contributed by atoms with Gasteiger partial charge < -0.3 is 21.5 Å². The Balaban J connectivity index is 0.00000289. The van der Waals surface area contributed by atoms with E-state index in [1.807, 2.05) is 0 Å². The van der Waals surface area contributed by atoms with E-state index in [0.29, 0.717) is 5.69 Å². The summed E-state index contributed by atoms with van der Waals surface area (Å²) < 4.78 is 4.76.